The Kier molecular flexibility index (Phi) is 6.02. The number of amides is 1. The highest BCUT2D eigenvalue weighted by Gasteiger charge is 2.22. The molecular formula is C16H26N2O2. The molecule has 20 heavy (non-hydrogen) atoms. The predicted octanol–water partition coefficient (Wildman–Crippen LogP) is 2.68. The number of nitrogens with zero attached hydrogens (tertiary/aromatic N) is 1. The fourth-order valence-electron chi connectivity index (χ4n) is 2.19. The van der Waals surface area contributed by atoms with Crippen LogP contribution < -0.4 is 5.73 Å². The molecule has 0 aliphatic rings. The van der Waals surface area contributed by atoms with Gasteiger partial charge in [-0.2, -0.15) is 0 Å². The van der Waals surface area contributed by atoms with Crippen LogP contribution in [-0.2, 0) is 4.79 Å². The standard InChI is InChI=1S/C16H26N2O2/c1-5-18(16(20)10-15(17)11(2)3)12(4)13-7-6-8-14(19)9-13/h6-9,11-12,15,19H,5,10,17H2,1-4H3. The average molecular weight is 278 g/mol. The summed E-state index contributed by atoms with van der Waals surface area (Å²) in [4.78, 5) is 14.2. The highest BCUT2D eigenvalue weighted by Crippen LogP contribution is 2.24. The summed E-state index contributed by atoms with van der Waals surface area (Å²) < 4.78 is 0. The van der Waals surface area contributed by atoms with Crippen LogP contribution in [0.15, 0.2) is 24.3 Å². The van der Waals surface area contributed by atoms with E-state index in [1.54, 1.807) is 23.1 Å². The van der Waals surface area contributed by atoms with E-state index in [-0.39, 0.29) is 29.7 Å². The minimum Gasteiger partial charge on any atom is -0.508 e. The number of phenolic OH excluding ortho intramolecular Hbond substituents is 1. The maximum Gasteiger partial charge on any atom is 0.224 e. The molecule has 0 aliphatic carbocycles. The summed E-state index contributed by atoms with van der Waals surface area (Å²) in [5.41, 5.74) is 6.91. The Morgan fingerprint density at radius 1 is 1.35 bits per heavy atom. The molecule has 0 saturated heterocycles. The van der Waals surface area contributed by atoms with Gasteiger partial charge in [0.15, 0.2) is 0 Å². The van der Waals surface area contributed by atoms with Crippen molar-refractivity contribution in [3.63, 3.8) is 0 Å². The first-order valence-corrected chi connectivity index (χ1v) is 7.20. The van der Waals surface area contributed by atoms with E-state index in [9.17, 15) is 9.90 Å². The van der Waals surface area contributed by atoms with Crippen LogP contribution in [0.3, 0.4) is 0 Å². The minimum atomic E-state index is -0.118. The molecule has 1 aromatic carbocycles. The van der Waals surface area contributed by atoms with E-state index < -0.39 is 0 Å². The molecule has 0 aromatic heterocycles. The van der Waals surface area contributed by atoms with Gasteiger partial charge in [0.2, 0.25) is 5.91 Å². The Labute approximate surface area is 121 Å². The van der Waals surface area contributed by atoms with E-state index in [1.165, 1.54) is 0 Å². The summed E-state index contributed by atoms with van der Waals surface area (Å²) in [5, 5.41) is 9.55. The molecule has 2 atom stereocenters. The van der Waals surface area contributed by atoms with E-state index in [0.29, 0.717) is 13.0 Å². The molecule has 0 saturated carbocycles. The van der Waals surface area contributed by atoms with Crippen LogP contribution in [0, 0.1) is 5.92 Å². The zero-order chi connectivity index (χ0) is 15.3. The Bertz CT molecular complexity index is 446. The molecule has 0 aliphatic heterocycles. The first kappa shape index (κ1) is 16.5. The van der Waals surface area contributed by atoms with Gasteiger partial charge in [-0.15, -0.1) is 0 Å². The van der Waals surface area contributed by atoms with Crippen molar-refractivity contribution >= 4 is 5.91 Å². The lowest BCUT2D eigenvalue weighted by Crippen LogP contribution is -2.39. The van der Waals surface area contributed by atoms with E-state index in [4.69, 9.17) is 5.73 Å². The highest BCUT2D eigenvalue weighted by molar-refractivity contribution is 5.77. The quantitative estimate of drug-likeness (QED) is 0.840. The van der Waals surface area contributed by atoms with Crippen LogP contribution in [0.4, 0.5) is 0 Å². The average Bonchev–Trinajstić information content (AvgIpc) is 2.39. The number of hydrogen-bond acceptors (Lipinski definition) is 3. The van der Waals surface area contributed by atoms with Gasteiger partial charge in [0.05, 0.1) is 6.04 Å². The van der Waals surface area contributed by atoms with Crippen LogP contribution in [0.2, 0.25) is 0 Å². The Morgan fingerprint density at radius 2 is 2.00 bits per heavy atom. The molecular weight excluding hydrogens is 252 g/mol. The molecule has 2 unspecified atom stereocenters. The van der Waals surface area contributed by atoms with E-state index in [0.717, 1.165) is 5.56 Å². The Balaban J connectivity index is 2.82. The number of carbonyl (C=O) groups excluding carboxylic acids is 1. The monoisotopic (exact) mass is 278 g/mol. The molecule has 0 bridgehead atoms. The first-order chi connectivity index (χ1) is 9.36. The van der Waals surface area contributed by atoms with Crippen molar-refractivity contribution in [2.45, 2.75) is 46.2 Å². The van der Waals surface area contributed by atoms with Crippen LogP contribution in [0.25, 0.3) is 0 Å². The van der Waals surface area contributed by atoms with Crippen LogP contribution in [0.1, 0.15) is 45.7 Å². The lowest BCUT2D eigenvalue weighted by molar-refractivity contribution is -0.133. The summed E-state index contributed by atoms with van der Waals surface area (Å²) in [6.07, 6.45) is 0.356. The van der Waals surface area contributed by atoms with Gasteiger partial charge in [0.25, 0.3) is 0 Å². The molecule has 1 aromatic rings. The molecule has 112 valence electrons. The van der Waals surface area contributed by atoms with E-state index in [1.807, 2.05) is 33.8 Å². The highest BCUT2D eigenvalue weighted by atomic mass is 16.3. The molecule has 0 radical (unpaired) electrons. The van der Waals surface area contributed by atoms with Gasteiger partial charge in [-0.3, -0.25) is 4.79 Å². The zero-order valence-corrected chi connectivity index (χ0v) is 12.8. The third-order valence-corrected chi connectivity index (χ3v) is 3.75. The normalized spacial score (nSPS) is 14.1. The van der Waals surface area contributed by atoms with Crippen molar-refractivity contribution in [1.82, 2.24) is 4.90 Å². The maximum atomic E-state index is 12.4. The molecule has 0 heterocycles. The maximum absolute atomic E-state index is 12.4. The van der Waals surface area contributed by atoms with Crippen molar-refractivity contribution in [1.29, 1.82) is 0 Å². The lowest BCUT2D eigenvalue weighted by Gasteiger charge is -2.30. The first-order valence-electron chi connectivity index (χ1n) is 7.20. The Hall–Kier alpha value is -1.55. The lowest BCUT2D eigenvalue weighted by atomic mass is 10.00. The van der Waals surface area contributed by atoms with Crippen molar-refractivity contribution in [2.75, 3.05) is 6.54 Å². The zero-order valence-electron chi connectivity index (χ0n) is 12.8. The SMILES string of the molecule is CCN(C(=O)CC(N)C(C)C)C(C)c1cccc(O)c1. The number of carbonyl (C=O) groups is 1. The van der Waals surface area contributed by atoms with Crippen molar-refractivity contribution in [3.8, 4) is 5.75 Å². The predicted molar refractivity (Wildman–Crippen MR) is 81.3 cm³/mol. The van der Waals surface area contributed by atoms with Gasteiger partial charge >= 0.3 is 0 Å². The molecule has 1 amide bonds. The van der Waals surface area contributed by atoms with Gasteiger partial charge in [0, 0.05) is 19.0 Å². The fourth-order valence-corrected chi connectivity index (χ4v) is 2.19. The number of rotatable bonds is 6. The van der Waals surface area contributed by atoms with Crippen molar-refractivity contribution in [2.24, 2.45) is 11.7 Å². The second-order valence-corrected chi connectivity index (χ2v) is 5.56. The molecule has 0 fully saturated rings. The molecule has 0 spiro atoms. The molecule has 1 rings (SSSR count). The van der Waals surface area contributed by atoms with Crippen molar-refractivity contribution < 1.29 is 9.90 Å². The smallest absolute Gasteiger partial charge is 0.224 e. The number of hydrogen-bond donors (Lipinski definition) is 2. The van der Waals surface area contributed by atoms with Gasteiger partial charge in [0.1, 0.15) is 5.75 Å². The Morgan fingerprint density at radius 3 is 2.50 bits per heavy atom. The number of phenols is 1. The summed E-state index contributed by atoms with van der Waals surface area (Å²) >= 11 is 0. The summed E-state index contributed by atoms with van der Waals surface area (Å²) in [7, 11) is 0. The molecule has 3 N–H and O–H groups in total. The topological polar surface area (TPSA) is 66.6 Å². The number of benzene rings is 1. The second-order valence-electron chi connectivity index (χ2n) is 5.56. The van der Waals surface area contributed by atoms with Crippen molar-refractivity contribution in [3.05, 3.63) is 29.8 Å². The van der Waals surface area contributed by atoms with Crippen LogP contribution >= 0.6 is 0 Å². The summed E-state index contributed by atoms with van der Waals surface area (Å²) in [6, 6.07) is 6.85. The van der Waals surface area contributed by atoms with Gasteiger partial charge in [-0.1, -0.05) is 26.0 Å². The number of aromatic hydroxyl groups is 1. The van der Waals surface area contributed by atoms with E-state index >= 15 is 0 Å². The molecule has 4 nitrogen and oxygen atoms in total. The van der Waals surface area contributed by atoms with Gasteiger partial charge in [-0.25, -0.2) is 0 Å². The van der Waals surface area contributed by atoms with Crippen LogP contribution in [-0.4, -0.2) is 28.5 Å². The summed E-state index contributed by atoms with van der Waals surface area (Å²) in [6.45, 7) is 8.59. The third-order valence-electron chi connectivity index (χ3n) is 3.75. The minimum absolute atomic E-state index is 0.0598. The molecule has 4 heteroatoms. The second kappa shape index (κ2) is 7.29. The van der Waals surface area contributed by atoms with E-state index in [2.05, 4.69) is 0 Å². The van der Waals surface area contributed by atoms with Crippen LogP contribution in [0.5, 0.6) is 5.75 Å². The third kappa shape index (κ3) is 4.23. The van der Waals surface area contributed by atoms with Gasteiger partial charge in [-0.05, 0) is 37.5 Å². The number of nitrogens with two attached hydrogens (primary N) is 1. The largest absolute Gasteiger partial charge is 0.508 e. The summed E-state index contributed by atoms with van der Waals surface area (Å²) in [5.74, 6) is 0.565. The fraction of sp³-hybridized carbons (Fsp3) is 0.562. The van der Waals surface area contributed by atoms with Gasteiger partial charge < -0.3 is 15.7 Å².